The summed E-state index contributed by atoms with van der Waals surface area (Å²) in [6.07, 6.45) is 12.4. The van der Waals surface area contributed by atoms with Gasteiger partial charge < -0.3 is 0 Å². The van der Waals surface area contributed by atoms with Crippen LogP contribution in [0.15, 0.2) is 66.3 Å². The summed E-state index contributed by atoms with van der Waals surface area (Å²) in [5.74, 6) is 0.507. The fourth-order valence-corrected chi connectivity index (χ4v) is 2.59. The lowest BCUT2D eigenvalue weighted by molar-refractivity contribution is 0.443. The SMILES string of the molecule is CCC=CC1=CC=CC(C)(c2ccccc2)C1C. The first-order valence-corrected chi connectivity index (χ1v) is 6.80. The van der Waals surface area contributed by atoms with Crippen molar-refractivity contribution in [3.05, 3.63) is 71.8 Å². The van der Waals surface area contributed by atoms with E-state index in [4.69, 9.17) is 0 Å². The predicted molar refractivity (Wildman–Crippen MR) is 79.6 cm³/mol. The molecule has 0 spiro atoms. The molecule has 0 fully saturated rings. The zero-order valence-electron chi connectivity index (χ0n) is 11.6. The van der Waals surface area contributed by atoms with Gasteiger partial charge in [0.05, 0.1) is 0 Å². The third kappa shape index (κ3) is 2.33. The fraction of sp³-hybridized carbons (Fsp3) is 0.333. The second kappa shape index (κ2) is 5.39. The molecule has 0 saturated heterocycles. The van der Waals surface area contributed by atoms with Crippen molar-refractivity contribution < 1.29 is 0 Å². The topological polar surface area (TPSA) is 0 Å². The largest absolute Gasteiger partial charge is 0.0845 e. The zero-order valence-corrected chi connectivity index (χ0v) is 11.6. The van der Waals surface area contributed by atoms with E-state index in [0.29, 0.717) is 5.92 Å². The molecule has 0 nitrogen and oxygen atoms in total. The van der Waals surface area contributed by atoms with Crippen molar-refractivity contribution in [2.75, 3.05) is 0 Å². The van der Waals surface area contributed by atoms with Crippen LogP contribution < -0.4 is 0 Å². The van der Waals surface area contributed by atoms with Gasteiger partial charge in [0.15, 0.2) is 0 Å². The van der Waals surface area contributed by atoms with Crippen molar-refractivity contribution in [3.63, 3.8) is 0 Å². The molecule has 0 bridgehead atoms. The zero-order chi connectivity index (χ0) is 13.0. The molecule has 0 N–H and O–H groups in total. The molecule has 0 heteroatoms. The van der Waals surface area contributed by atoms with Crippen LogP contribution in [0, 0.1) is 5.92 Å². The van der Waals surface area contributed by atoms with E-state index in [1.54, 1.807) is 0 Å². The van der Waals surface area contributed by atoms with Crippen molar-refractivity contribution in [1.29, 1.82) is 0 Å². The monoisotopic (exact) mass is 238 g/mol. The highest BCUT2D eigenvalue weighted by Crippen LogP contribution is 2.40. The van der Waals surface area contributed by atoms with Crippen LogP contribution in [0.2, 0.25) is 0 Å². The van der Waals surface area contributed by atoms with Crippen molar-refractivity contribution in [2.24, 2.45) is 5.92 Å². The normalized spacial score (nSPS) is 27.5. The first kappa shape index (κ1) is 12.9. The lowest BCUT2D eigenvalue weighted by Crippen LogP contribution is -2.30. The van der Waals surface area contributed by atoms with Crippen molar-refractivity contribution in [3.8, 4) is 0 Å². The number of hydrogen-bond donors (Lipinski definition) is 0. The van der Waals surface area contributed by atoms with Gasteiger partial charge >= 0.3 is 0 Å². The predicted octanol–water partition coefficient (Wildman–Crippen LogP) is 5.04. The van der Waals surface area contributed by atoms with Gasteiger partial charge in [0.25, 0.3) is 0 Å². The molecule has 0 aromatic heterocycles. The van der Waals surface area contributed by atoms with Crippen LogP contribution in [0.5, 0.6) is 0 Å². The number of rotatable bonds is 3. The molecule has 0 radical (unpaired) electrons. The van der Waals surface area contributed by atoms with Crippen LogP contribution in [0.25, 0.3) is 0 Å². The number of hydrogen-bond acceptors (Lipinski definition) is 0. The Bertz CT molecular complexity index is 476. The van der Waals surface area contributed by atoms with Gasteiger partial charge in [-0.25, -0.2) is 0 Å². The van der Waals surface area contributed by atoms with E-state index in [2.05, 4.69) is 81.5 Å². The Morgan fingerprint density at radius 2 is 1.94 bits per heavy atom. The van der Waals surface area contributed by atoms with Crippen LogP contribution in [-0.2, 0) is 5.41 Å². The second-order valence-electron chi connectivity index (χ2n) is 5.21. The first-order valence-electron chi connectivity index (χ1n) is 6.80. The second-order valence-corrected chi connectivity index (χ2v) is 5.21. The maximum atomic E-state index is 2.33. The van der Waals surface area contributed by atoms with E-state index in [9.17, 15) is 0 Å². The minimum atomic E-state index is 0.101. The van der Waals surface area contributed by atoms with Crippen LogP contribution in [-0.4, -0.2) is 0 Å². The van der Waals surface area contributed by atoms with Crippen LogP contribution in [0.1, 0.15) is 32.8 Å². The Hall–Kier alpha value is -1.56. The van der Waals surface area contributed by atoms with Gasteiger partial charge in [-0.3, -0.25) is 0 Å². The van der Waals surface area contributed by atoms with Gasteiger partial charge in [-0.15, -0.1) is 0 Å². The molecular formula is C18H22. The van der Waals surface area contributed by atoms with Gasteiger partial charge in [0, 0.05) is 5.41 Å². The van der Waals surface area contributed by atoms with E-state index >= 15 is 0 Å². The lowest BCUT2D eigenvalue weighted by Gasteiger charge is -2.36. The molecule has 2 unspecified atom stereocenters. The van der Waals surface area contributed by atoms with Crippen molar-refractivity contribution in [2.45, 2.75) is 32.6 Å². The summed E-state index contributed by atoms with van der Waals surface area (Å²) in [4.78, 5) is 0. The number of benzene rings is 1. The summed E-state index contributed by atoms with van der Waals surface area (Å²) in [6.45, 7) is 6.83. The van der Waals surface area contributed by atoms with E-state index in [1.165, 1.54) is 11.1 Å². The fourth-order valence-electron chi connectivity index (χ4n) is 2.59. The van der Waals surface area contributed by atoms with Crippen LogP contribution >= 0.6 is 0 Å². The minimum Gasteiger partial charge on any atom is -0.0845 e. The first-order chi connectivity index (χ1) is 8.68. The Morgan fingerprint density at radius 1 is 1.22 bits per heavy atom. The van der Waals surface area contributed by atoms with Crippen LogP contribution in [0.3, 0.4) is 0 Å². The average Bonchev–Trinajstić information content (AvgIpc) is 2.41. The molecule has 1 aromatic rings. The molecule has 1 aliphatic carbocycles. The van der Waals surface area contributed by atoms with Gasteiger partial charge in [0.1, 0.15) is 0 Å². The Kier molecular flexibility index (Phi) is 3.86. The molecule has 94 valence electrons. The maximum Gasteiger partial charge on any atom is 0.0173 e. The smallest absolute Gasteiger partial charge is 0.0173 e. The van der Waals surface area contributed by atoms with Gasteiger partial charge in [-0.05, 0) is 23.5 Å². The molecule has 1 aliphatic rings. The highest BCUT2D eigenvalue weighted by Gasteiger charge is 2.33. The summed E-state index contributed by atoms with van der Waals surface area (Å²) in [6, 6.07) is 10.8. The maximum absolute atomic E-state index is 2.33. The summed E-state index contributed by atoms with van der Waals surface area (Å²) < 4.78 is 0. The molecule has 0 aliphatic heterocycles. The van der Waals surface area contributed by atoms with E-state index in [0.717, 1.165) is 6.42 Å². The molecule has 2 rings (SSSR count). The molecule has 0 heterocycles. The molecule has 18 heavy (non-hydrogen) atoms. The van der Waals surface area contributed by atoms with E-state index in [1.807, 2.05) is 0 Å². The molecular weight excluding hydrogens is 216 g/mol. The summed E-state index contributed by atoms with van der Waals surface area (Å²) >= 11 is 0. The average molecular weight is 238 g/mol. The third-order valence-electron chi connectivity index (χ3n) is 4.07. The van der Waals surface area contributed by atoms with E-state index < -0.39 is 0 Å². The molecule has 0 amide bonds. The lowest BCUT2D eigenvalue weighted by atomic mass is 9.67. The highest BCUT2D eigenvalue weighted by molar-refractivity contribution is 5.42. The van der Waals surface area contributed by atoms with Gasteiger partial charge in [-0.2, -0.15) is 0 Å². The standard InChI is InChI=1S/C18H22/c1-4-5-10-16-11-9-14-18(3,15(16)2)17-12-7-6-8-13-17/h5-15H,4H2,1-3H3. The highest BCUT2D eigenvalue weighted by atomic mass is 14.4. The molecule has 2 atom stereocenters. The summed E-state index contributed by atoms with van der Waals surface area (Å²) in [5, 5.41) is 0. The molecule has 1 aromatic carbocycles. The van der Waals surface area contributed by atoms with Gasteiger partial charge in [-0.1, -0.05) is 81.5 Å². The Morgan fingerprint density at radius 3 is 2.61 bits per heavy atom. The van der Waals surface area contributed by atoms with Crippen LogP contribution in [0.4, 0.5) is 0 Å². The quantitative estimate of drug-likeness (QED) is 0.692. The molecule has 0 saturated carbocycles. The number of allylic oxidation sites excluding steroid dienone is 6. The third-order valence-corrected chi connectivity index (χ3v) is 4.07. The summed E-state index contributed by atoms with van der Waals surface area (Å²) in [5.41, 5.74) is 2.92. The summed E-state index contributed by atoms with van der Waals surface area (Å²) in [7, 11) is 0. The van der Waals surface area contributed by atoms with E-state index in [-0.39, 0.29) is 5.41 Å². The minimum absolute atomic E-state index is 0.101. The Labute approximate surface area is 111 Å². The van der Waals surface area contributed by atoms with Crippen molar-refractivity contribution in [1.82, 2.24) is 0 Å². The van der Waals surface area contributed by atoms with Crippen molar-refractivity contribution >= 4 is 0 Å². The Balaban J connectivity index is 2.34. The van der Waals surface area contributed by atoms with Gasteiger partial charge in [0.2, 0.25) is 0 Å².